The number of aromatic nitrogens is 2. The highest BCUT2D eigenvalue weighted by molar-refractivity contribution is 5.84. The smallest absolute Gasteiger partial charge is 0.392 e. The van der Waals surface area contributed by atoms with Gasteiger partial charge in [0.15, 0.2) is 0 Å². The Labute approximate surface area is 139 Å². The lowest BCUT2D eigenvalue weighted by molar-refractivity contribution is -0.291. The molecule has 3 nitrogen and oxygen atoms in total. The number of hydrogen-bond acceptors (Lipinski definition) is 2. The van der Waals surface area contributed by atoms with E-state index in [9.17, 15) is 35.1 Å². The fourth-order valence-electron chi connectivity index (χ4n) is 2.53. The Hall–Kier alpha value is -2.43. The van der Waals surface area contributed by atoms with E-state index in [4.69, 9.17) is 5.11 Å². The number of halogens is 8. The van der Waals surface area contributed by atoms with Crippen molar-refractivity contribution in [3.05, 3.63) is 47.3 Å². The Morgan fingerprint density at radius 1 is 0.962 bits per heavy atom. The predicted octanol–water partition coefficient (Wildman–Crippen LogP) is 4.65. The fraction of sp³-hybridized carbons (Fsp3) is 0.267. The Morgan fingerprint density at radius 3 is 2.15 bits per heavy atom. The van der Waals surface area contributed by atoms with Gasteiger partial charge in [-0.15, -0.1) is 0 Å². The quantitative estimate of drug-likeness (QED) is 0.653. The standard InChI is InChI=1S/C15H8F8N2O/c16-13(17,15(21,22)23)11-4-10(14(18,19)20)9-2-1-8-3-7(6-26)5-25(8)12(9)24-11/h1-5,26H,6H2. The van der Waals surface area contributed by atoms with Gasteiger partial charge in [-0.3, -0.25) is 0 Å². The molecule has 3 aromatic heterocycles. The van der Waals surface area contributed by atoms with Gasteiger partial charge in [-0.25, -0.2) is 4.98 Å². The van der Waals surface area contributed by atoms with Gasteiger partial charge in [0.2, 0.25) is 0 Å². The topological polar surface area (TPSA) is 37.5 Å². The number of rotatable bonds is 2. The van der Waals surface area contributed by atoms with Crippen molar-refractivity contribution in [3.8, 4) is 0 Å². The largest absolute Gasteiger partial charge is 0.459 e. The van der Waals surface area contributed by atoms with Crippen molar-refractivity contribution in [3.63, 3.8) is 0 Å². The van der Waals surface area contributed by atoms with Gasteiger partial charge < -0.3 is 9.51 Å². The van der Waals surface area contributed by atoms with E-state index in [-0.39, 0.29) is 17.1 Å². The average molecular weight is 384 g/mol. The molecular weight excluding hydrogens is 376 g/mol. The van der Waals surface area contributed by atoms with Crippen LogP contribution in [0.15, 0.2) is 30.5 Å². The average Bonchev–Trinajstić information content (AvgIpc) is 2.95. The summed E-state index contributed by atoms with van der Waals surface area (Å²) in [5.41, 5.74) is -4.05. The second-order valence-corrected chi connectivity index (χ2v) is 5.50. The minimum Gasteiger partial charge on any atom is -0.392 e. The molecule has 140 valence electrons. The molecule has 0 fully saturated rings. The van der Waals surface area contributed by atoms with Crippen molar-refractivity contribution in [2.75, 3.05) is 0 Å². The molecule has 0 aromatic carbocycles. The van der Waals surface area contributed by atoms with E-state index >= 15 is 0 Å². The molecule has 0 spiro atoms. The van der Waals surface area contributed by atoms with Crippen LogP contribution in [0.3, 0.4) is 0 Å². The number of pyridine rings is 2. The predicted molar refractivity (Wildman–Crippen MR) is 73.6 cm³/mol. The molecule has 0 saturated carbocycles. The van der Waals surface area contributed by atoms with Gasteiger partial charge in [0.25, 0.3) is 0 Å². The molecule has 0 radical (unpaired) electrons. The van der Waals surface area contributed by atoms with Gasteiger partial charge in [-0.2, -0.15) is 35.1 Å². The summed E-state index contributed by atoms with van der Waals surface area (Å²) in [4.78, 5) is 3.17. The van der Waals surface area contributed by atoms with Crippen LogP contribution >= 0.6 is 0 Å². The number of aliphatic hydroxyl groups excluding tert-OH is 1. The molecule has 0 aliphatic rings. The lowest BCUT2D eigenvalue weighted by Crippen LogP contribution is -2.35. The van der Waals surface area contributed by atoms with Gasteiger partial charge in [0, 0.05) is 17.1 Å². The molecule has 3 aromatic rings. The summed E-state index contributed by atoms with van der Waals surface area (Å²) in [6.07, 6.45) is -10.2. The summed E-state index contributed by atoms with van der Waals surface area (Å²) in [7, 11) is 0. The Bertz CT molecular complexity index is 987. The lowest BCUT2D eigenvalue weighted by atomic mass is 10.1. The van der Waals surface area contributed by atoms with Crippen LogP contribution in [0, 0.1) is 0 Å². The third kappa shape index (κ3) is 2.75. The number of fused-ring (bicyclic) bond motifs is 3. The lowest BCUT2D eigenvalue weighted by Gasteiger charge is -2.21. The summed E-state index contributed by atoms with van der Waals surface area (Å²) in [5, 5.41) is 8.46. The van der Waals surface area contributed by atoms with Crippen molar-refractivity contribution in [1.82, 2.24) is 9.38 Å². The number of alkyl halides is 8. The molecule has 0 aliphatic carbocycles. The second-order valence-electron chi connectivity index (χ2n) is 5.50. The Morgan fingerprint density at radius 2 is 1.62 bits per heavy atom. The highest BCUT2D eigenvalue weighted by atomic mass is 19.4. The summed E-state index contributed by atoms with van der Waals surface area (Å²) >= 11 is 0. The van der Waals surface area contributed by atoms with Gasteiger partial charge >= 0.3 is 18.3 Å². The maximum absolute atomic E-state index is 13.6. The van der Waals surface area contributed by atoms with E-state index in [1.165, 1.54) is 12.1 Å². The molecule has 0 amide bonds. The first kappa shape index (κ1) is 18.4. The molecule has 0 saturated heterocycles. The van der Waals surface area contributed by atoms with E-state index in [0.717, 1.165) is 16.7 Å². The van der Waals surface area contributed by atoms with Crippen molar-refractivity contribution in [2.24, 2.45) is 0 Å². The molecule has 0 aliphatic heterocycles. The first-order chi connectivity index (χ1) is 11.9. The molecule has 0 atom stereocenters. The van der Waals surface area contributed by atoms with Gasteiger partial charge in [0.05, 0.1) is 12.2 Å². The third-order valence-electron chi connectivity index (χ3n) is 3.76. The van der Waals surface area contributed by atoms with E-state index in [1.807, 2.05) is 0 Å². The van der Waals surface area contributed by atoms with Crippen molar-refractivity contribution >= 4 is 16.6 Å². The van der Waals surface area contributed by atoms with Gasteiger partial charge in [-0.05, 0) is 29.8 Å². The zero-order chi connectivity index (χ0) is 19.5. The zero-order valence-electron chi connectivity index (χ0n) is 12.5. The summed E-state index contributed by atoms with van der Waals surface area (Å²) in [5.74, 6) is -5.57. The molecule has 26 heavy (non-hydrogen) atoms. The van der Waals surface area contributed by atoms with Gasteiger partial charge in [-0.1, -0.05) is 0 Å². The molecule has 0 unspecified atom stereocenters. The maximum atomic E-state index is 13.6. The number of aliphatic hydroxyl groups is 1. The number of nitrogens with zero attached hydrogens (tertiary/aromatic N) is 2. The zero-order valence-corrected chi connectivity index (χ0v) is 12.5. The van der Waals surface area contributed by atoms with Crippen LogP contribution in [0.5, 0.6) is 0 Å². The van der Waals surface area contributed by atoms with Crippen molar-refractivity contribution in [2.45, 2.75) is 24.9 Å². The molecule has 3 rings (SSSR count). The molecule has 1 N–H and O–H groups in total. The maximum Gasteiger partial charge on any atom is 0.459 e. The minimum absolute atomic E-state index is 0.176. The SMILES string of the molecule is OCc1cc2ccc3c(C(F)(F)F)cc(C(F)(F)C(F)(F)F)nc3n2c1. The summed E-state index contributed by atoms with van der Waals surface area (Å²) in [6.45, 7) is -0.506. The summed E-state index contributed by atoms with van der Waals surface area (Å²) in [6, 6.07) is 3.18. The van der Waals surface area contributed by atoms with Crippen LogP contribution in [0.2, 0.25) is 0 Å². The third-order valence-corrected chi connectivity index (χ3v) is 3.76. The molecule has 3 heterocycles. The summed E-state index contributed by atoms with van der Waals surface area (Å²) < 4.78 is 106. The molecule has 11 heteroatoms. The van der Waals surface area contributed by atoms with Crippen LogP contribution in [-0.2, 0) is 18.7 Å². The van der Waals surface area contributed by atoms with E-state index < -0.39 is 47.2 Å². The monoisotopic (exact) mass is 384 g/mol. The van der Waals surface area contributed by atoms with Crippen LogP contribution in [0.25, 0.3) is 16.6 Å². The highest BCUT2D eigenvalue weighted by Crippen LogP contribution is 2.45. The second kappa shape index (κ2) is 5.53. The van der Waals surface area contributed by atoms with Crippen LogP contribution in [-0.4, -0.2) is 20.7 Å². The van der Waals surface area contributed by atoms with Crippen LogP contribution in [0.1, 0.15) is 16.8 Å². The van der Waals surface area contributed by atoms with Gasteiger partial charge in [0.1, 0.15) is 11.3 Å². The van der Waals surface area contributed by atoms with Crippen molar-refractivity contribution in [1.29, 1.82) is 0 Å². The first-order valence-electron chi connectivity index (χ1n) is 6.94. The van der Waals surface area contributed by atoms with Crippen LogP contribution in [0.4, 0.5) is 35.1 Å². The highest BCUT2D eigenvalue weighted by Gasteiger charge is 2.60. The number of hydrogen-bond donors (Lipinski definition) is 1. The molecule has 0 bridgehead atoms. The first-order valence-corrected chi connectivity index (χ1v) is 6.94. The normalized spacial score (nSPS) is 13.7. The fourth-order valence-corrected chi connectivity index (χ4v) is 2.53. The molecular formula is C15H8F8N2O. The van der Waals surface area contributed by atoms with Crippen molar-refractivity contribution < 1.29 is 40.2 Å². The minimum atomic E-state index is -6.11. The van der Waals surface area contributed by atoms with E-state index in [0.29, 0.717) is 0 Å². The Balaban J connectivity index is 2.45. The van der Waals surface area contributed by atoms with E-state index in [2.05, 4.69) is 4.98 Å². The van der Waals surface area contributed by atoms with E-state index in [1.54, 1.807) is 0 Å². The Kier molecular flexibility index (Phi) is 3.91. The van der Waals surface area contributed by atoms with Crippen LogP contribution < -0.4 is 0 Å².